The van der Waals surface area contributed by atoms with Gasteiger partial charge in [0.1, 0.15) is 17.7 Å². The van der Waals surface area contributed by atoms with Crippen LogP contribution < -0.4 is 16.4 Å². The van der Waals surface area contributed by atoms with Gasteiger partial charge in [0.05, 0.1) is 12.6 Å². The van der Waals surface area contributed by atoms with E-state index < -0.39 is 5.54 Å². The maximum Gasteiger partial charge on any atom is 0.223 e. The van der Waals surface area contributed by atoms with Crippen LogP contribution in [0.3, 0.4) is 0 Å². The van der Waals surface area contributed by atoms with Gasteiger partial charge in [0.25, 0.3) is 0 Å². The summed E-state index contributed by atoms with van der Waals surface area (Å²) in [5.41, 5.74) is 5.35. The van der Waals surface area contributed by atoms with E-state index in [1.165, 1.54) is 0 Å². The SMILES string of the molecule is CC(C)CC(N)C1=NCC(C=O)(CC2CCNC2=O)N1. The number of carbonyl (C=O) groups excluding carboxylic acids is 2. The van der Waals surface area contributed by atoms with Gasteiger partial charge in [-0.25, -0.2) is 0 Å². The average molecular weight is 280 g/mol. The van der Waals surface area contributed by atoms with E-state index in [2.05, 4.69) is 29.5 Å². The molecular formula is C14H24N4O2. The molecular weight excluding hydrogens is 256 g/mol. The minimum atomic E-state index is -0.754. The van der Waals surface area contributed by atoms with E-state index in [0.29, 0.717) is 31.3 Å². The number of rotatable bonds is 6. The number of hydrogen-bond acceptors (Lipinski definition) is 5. The Labute approximate surface area is 119 Å². The molecule has 3 unspecified atom stereocenters. The second-order valence-corrected chi connectivity index (χ2v) is 6.32. The van der Waals surface area contributed by atoms with Crippen LogP contribution in [0.4, 0.5) is 0 Å². The van der Waals surface area contributed by atoms with Gasteiger partial charge in [-0.05, 0) is 25.2 Å². The lowest BCUT2D eigenvalue weighted by Crippen LogP contribution is -2.53. The minimum Gasteiger partial charge on any atom is -0.359 e. The monoisotopic (exact) mass is 280 g/mol. The van der Waals surface area contributed by atoms with Crippen LogP contribution >= 0.6 is 0 Å². The molecule has 0 spiro atoms. The third-order valence-corrected chi connectivity index (χ3v) is 3.98. The molecule has 112 valence electrons. The van der Waals surface area contributed by atoms with Crippen molar-refractivity contribution in [3.63, 3.8) is 0 Å². The third kappa shape index (κ3) is 3.17. The minimum absolute atomic E-state index is 0.0351. The Morgan fingerprint density at radius 2 is 2.30 bits per heavy atom. The number of carbonyl (C=O) groups is 2. The van der Waals surface area contributed by atoms with Crippen LogP contribution in [0, 0.1) is 11.8 Å². The zero-order valence-electron chi connectivity index (χ0n) is 12.2. The van der Waals surface area contributed by atoms with Crippen LogP contribution in [0.5, 0.6) is 0 Å². The van der Waals surface area contributed by atoms with Crippen molar-refractivity contribution in [3.05, 3.63) is 0 Å². The van der Waals surface area contributed by atoms with E-state index in [1.54, 1.807) is 0 Å². The Balaban J connectivity index is 1.98. The average Bonchev–Trinajstić information content (AvgIpc) is 2.98. The Morgan fingerprint density at radius 3 is 2.85 bits per heavy atom. The van der Waals surface area contributed by atoms with Crippen LogP contribution in [0.15, 0.2) is 4.99 Å². The van der Waals surface area contributed by atoms with E-state index in [9.17, 15) is 9.59 Å². The first-order valence-corrected chi connectivity index (χ1v) is 7.28. The van der Waals surface area contributed by atoms with Crippen molar-refractivity contribution in [2.75, 3.05) is 13.1 Å². The van der Waals surface area contributed by atoms with E-state index in [0.717, 1.165) is 19.1 Å². The van der Waals surface area contributed by atoms with Gasteiger partial charge in [-0.1, -0.05) is 13.8 Å². The molecule has 2 heterocycles. The predicted octanol–water partition coefficient (Wildman–Crippen LogP) is -0.175. The van der Waals surface area contributed by atoms with Crippen molar-refractivity contribution in [1.82, 2.24) is 10.6 Å². The summed E-state index contributed by atoms with van der Waals surface area (Å²) >= 11 is 0. The molecule has 0 aromatic rings. The lowest BCUT2D eigenvalue weighted by Gasteiger charge is -2.27. The topological polar surface area (TPSA) is 96.6 Å². The number of amides is 1. The second kappa shape index (κ2) is 5.91. The van der Waals surface area contributed by atoms with Crippen LogP contribution in [0.25, 0.3) is 0 Å². The van der Waals surface area contributed by atoms with Gasteiger partial charge in [-0.3, -0.25) is 9.79 Å². The summed E-state index contributed by atoms with van der Waals surface area (Å²) in [5.74, 6) is 1.10. The molecule has 6 nitrogen and oxygen atoms in total. The van der Waals surface area contributed by atoms with Crippen molar-refractivity contribution < 1.29 is 9.59 Å². The summed E-state index contributed by atoms with van der Waals surface area (Å²) in [6.07, 6.45) is 2.98. The number of amidine groups is 1. The molecule has 0 saturated carbocycles. The van der Waals surface area contributed by atoms with Gasteiger partial charge >= 0.3 is 0 Å². The number of nitrogens with one attached hydrogen (secondary N) is 2. The lowest BCUT2D eigenvalue weighted by molar-refractivity contribution is -0.123. The van der Waals surface area contributed by atoms with Crippen LogP contribution in [0.2, 0.25) is 0 Å². The second-order valence-electron chi connectivity index (χ2n) is 6.32. The molecule has 3 atom stereocenters. The van der Waals surface area contributed by atoms with Crippen LogP contribution in [0.1, 0.15) is 33.1 Å². The summed E-state index contributed by atoms with van der Waals surface area (Å²) in [4.78, 5) is 27.6. The molecule has 6 heteroatoms. The molecule has 2 aliphatic heterocycles. The molecule has 1 fully saturated rings. The van der Waals surface area contributed by atoms with Crippen molar-refractivity contribution >= 4 is 18.0 Å². The lowest BCUT2D eigenvalue weighted by atomic mass is 9.88. The third-order valence-electron chi connectivity index (χ3n) is 3.98. The first kappa shape index (κ1) is 15.0. The first-order valence-electron chi connectivity index (χ1n) is 7.28. The molecule has 1 saturated heterocycles. The van der Waals surface area contributed by atoms with Crippen molar-refractivity contribution in [1.29, 1.82) is 0 Å². The number of aldehydes is 1. The zero-order chi connectivity index (χ0) is 14.8. The fourth-order valence-corrected chi connectivity index (χ4v) is 2.90. The van der Waals surface area contributed by atoms with Crippen molar-refractivity contribution in [3.8, 4) is 0 Å². The van der Waals surface area contributed by atoms with Gasteiger partial charge in [-0.2, -0.15) is 0 Å². The van der Waals surface area contributed by atoms with E-state index in [-0.39, 0.29) is 17.9 Å². The molecule has 2 aliphatic rings. The molecule has 0 aromatic carbocycles. The summed E-state index contributed by atoms with van der Waals surface area (Å²) in [5, 5.41) is 5.98. The highest BCUT2D eigenvalue weighted by atomic mass is 16.2. The Morgan fingerprint density at radius 1 is 1.55 bits per heavy atom. The number of aliphatic imine (C=N–C) groups is 1. The largest absolute Gasteiger partial charge is 0.359 e. The fourth-order valence-electron chi connectivity index (χ4n) is 2.90. The number of nitrogens with two attached hydrogens (primary N) is 1. The first-order chi connectivity index (χ1) is 9.46. The Kier molecular flexibility index (Phi) is 4.42. The van der Waals surface area contributed by atoms with Gasteiger partial charge in [0.15, 0.2) is 0 Å². The van der Waals surface area contributed by atoms with E-state index in [1.807, 2.05) is 0 Å². The molecule has 20 heavy (non-hydrogen) atoms. The van der Waals surface area contributed by atoms with Gasteiger partial charge in [-0.15, -0.1) is 0 Å². The predicted molar refractivity (Wildman–Crippen MR) is 77.4 cm³/mol. The quantitative estimate of drug-likeness (QED) is 0.588. The van der Waals surface area contributed by atoms with Gasteiger partial charge in [0.2, 0.25) is 5.91 Å². The number of nitrogens with zero attached hydrogens (tertiary/aromatic N) is 1. The van der Waals surface area contributed by atoms with Crippen molar-refractivity contribution in [2.24, 2.45) is 22.6 Å². The Bertz CT molecular complexity index is 421. The smallest absolute Gasteiger partial charge is 0.223 e. The Hall–Kier alpha value is -1.43. The molecule has 1 amide bonds. The summed E-state index contributed by atoms with van der Waals surface area (Å²) in [7, 11) is 0. The summed E-state index contributed by atoms with van der Waals surface area (Å²) in [6, 6.07) is -0.172. The molecule has 0 bridgehead atoms. The highest BCUT2D eigenvalue weighted by Crippen LogP contribution is 2.25. The van der Waals surface area contributed by atoms with Crippen LogP contribution in [-0.4, -0.2) is 42.7 Å². The van der Waals surface area contributed by atoms with Gasteiger partial charge in [0, 0.05) is 12.5 Å². The normalized spacial score (nSPS) is 30.9. The molecule has 0 radical (unpaired) electrons. The molecule has 4 N–H and O–H groups in total. The number of hydrogen-bond donors (Lipinski definition) is 3. The maximum absolute atomic E-state index is 11.7. The maximum atomic E-state index is 11.7. The highest BCUT2D eigenvalue weighted by molar-refractivity contribution is 5.93. The summed E-state index contributed by atoms with van der Waals surface area (Å²) in [6.45, 7) is 5.27. The van der Waals surface area contributed by atoms with E-state index >= 15 is 0 Å². The zero-order valence-corrected chi connectivity index (χ0v) is 12.2. The fraction of sp³-hybridized carbons (Fsp3) is 0.786. The van der Waals surface area contributed by atoms with Crippen molar-refractivity contribution in [2.45, 2.75) is 44.7 Å². The van der Waals surface area contributed by atoms with Crippen LogP contribution in [-0.2, 0) is 9.59 Å². The highest BCUT2D eigenvalue weighted by Gasteiger charge is 2.41. The standard InChI is InChI=1S/C14H24N4O2/c1-9(2)5-11(15)12-17-7-14(8-19,18-12)6-10-3-4-16-13(10)20/h8-11H,3-7,15H2,1-2H3,(H,16,20)(H,17,18). The molecule has 0 aliphatic carbocycles. The molecule has 2 rings (SSSR count). The van der Waals surface area contributed by atoms with Gasteiger partial charge < -0.3 is 21.2 Å². The summed E-state index contributed by atoms with van der Waals surface area (Å²) < 4.78 is 0. The van der Waals surface area contributed by atoms with E-state index in [4.69, 9.17) is 5.73 Å². The molecule has 0 aromatic heterocycles.